The van der Waals surface area contributed by atoms with Gasteiger partial charge in [-0.1, -0.05) is 29.3 Å². The Balaban J connectivity index is 1.31. The number of hydrogen-bond acceptors (Lipinski definition) is 5. The number of anilines is 1. The van der Waals surface area contributed by atoms with Crippen LogP contribution in [0.25, 0.3) is 11.6 Å². The Morgan fingerprint density at radius 1 is 1.07 bits per heavy atom. The molecule has 2 amide bonds. The SMILES string of the molecule is Cc1[nH]c(/C=C2\C(=O)Nc3ccc(S(=O)(=O)Cc4c(Cl)cccc4Cl)cc32)c(C)c1C(=O)N(CC1CC1)C[C@H]1CCCN1. The summed E-state index contributed by atoms with van der Waals surface area (Å²) in [4.78, 5) is 32.3. The lowest BCUT2D eigenvalue weighted by atomic mass is 10.0. The number of amides is 2. The van der Waals surface area contributed by atoms with Gasteiger partial charge in [0.25, 0.3) is 11.8 Å². The summed E-state index contributed by atoms with van der Waals surface area (Å²) in [6, 6.07) is 9.72. The van der Waals surface area contributed by atoms with Gasteiger partial charge in [-0.2, -0.15) is 0 Å². The van der Waals surface area contributed by atoms with E-state index in [9.17, 15) is 18.0 Å². The summed E-state index contributed by atoms with van der Waals surface area (Å²) in [6.45, 7) is 6.18. The van der Waals surface area contributed by atoms with Crippen LogP contribution in [0.1, 0.15) is 64.1 Å². The number of aromatic nitrogens is 1. The maximum Gasteiger partial charge on any atom is 0.256 e. The molecule has 1 saturated heterocycles. The second-order valence-corrected chi connectivity index (χ2v) is 14.6. The third kappa shape index (κ3) is 6.13. The molecular weight excluding hydrogens is 607 g/mol. The lowest BCUT2D eigenvalue weighted by molar-refractivity contribution is -0.110. The van der Waals surface area contributed by atoms with E-state index < -0.39 is 9.84 Å². The van der Waals surface area contributed by atoms with Crippen molar-refractivity contribution in [1.29, 1.82) is 0 Å². The fourth-order valence-corrected chi connectivity index (χ4v) is 8.14. The van der Waals surface area contributed by atoms with Crippen molar-refractivity contribution in [1.82, 2.24) is 15.2 Å². The van der Waals surface area contributed by atoms with Gasteiger partial charge in [0.2, 0.25) is 0 Å². The van der Waals surface area contributed by atoms with E-state index >= 15 is 0 Å². The number of aryl methyl sites for hydroxylation is 1. The van der Waals surface area contributed by atoms with Crippen molar-refractivity contribution in [3.05, 3.63) is 80.1 Å². The van der Waals surface area contributed by atoms with Crippen molar-refractivity contribution in [3.63, 3.8) is 0 Å². The Labute approximate surface area is 261 Å². The molecule has 2 aromatic carbocycles. The van der Waals surface area contributed by atoms with Crippen LogP contribution in [0.4, 0.5) is 5.69 Å². The molecule has 1 aliphatic carbocycles. The number of H-pyrrole nitrogens is 1. The van der Waals surface area contributed by atoms with E-state index in [1.54, 1.807) is 30.3 Å². The van der Waals surface area contributed by atoms with Gasteiger partial charge in [-0.15, -0.1) is 0 Å². The molecule has 6 rings (SSSR count). The molecule has 0 spiro atoms. The van der Waals surface area contributed by atoms with Crippen LogP contribution in [-0.4, -0.2) is 55.8 Å². The first-order valence-corrected chi connectivity index (χ1v) is 17.0. The summed E-state index contributed by atoms with van der Waals surface area (Å²) >= 11 is 12.5. The second kappa shape index (κ2) is 11.8. The number of nitrogens with zero attached hydrogens (tertiary/aromatic N) is 1. The van der Waals surface area contributed by atoms with Crippen LogP contribution >= 0.6 is 23.2 Å². The maximum absolute atomic E-state index is 13.9. The molecule has 3 N–H and O–H groups in total. The van der Waals surface area contributed by atoms with Crippen LogP contribution in [0.15, 0.2) is 41.3 Å². The van der Waals surface area contributed by atoms with Crippen molar-refractivity contribution in [3.8, 4) is 0 Å². The quantitative estimate of drug-likeness (QED) is 0.248. The lowest BCUT2D eigenvalue weighted by Crippen LogP contribution is -2.42. The highest BCUT2D eigenvalue weighted by molar-refractivity contribution is 7.90. The van der Waals surface area contributed by atoms with E-state index in [0.29, 0.717) is 52.1 Å². The third-order valence-corrected chi connectivity index (χ3v) is 10.9. The fraction of sp³-hybridized carbons (Fsp3) is 0.375. The van der Waals surface area contributed by atoms with Crippen molar-refractivity contribution >= 4 is 62.2 Å². The van der Waals surface area contributed by atoms with Crippen LogP contribution in [0.2, 0.25) is 10.0 Å². The van der Waals surface area contributed by atoms with Crippen molar-refractivity contribution in [2.75, 3.05) is 25.0 Å². The molecule has 2 fully saturated rings. The third-order valence-electron chi connectivity index (χ3n) is 8.57. The fourth-order valence-electron chi connectivity index (χ4n) is 6.02. The van der Waals surface area contributed by atoms with E-state index in [-0.39, 0.29) is 32.5 Å². The summed E-state index contributed by atoms with van der Waals surface area (Å²) in [5.74, 6) is -0.163. The standard InChI is InChI=1S/C32H34Cl2N4O4S/c1-18-29(36-19(2)30(18)32(40)38(15-20-8-9-20)16-21-5-4-12-35-21)14-24-23-13-22(10-11-28(23)37-31(24)39)43(41,42)17-25-26(33)6-3-7-27(25)34/h3,6-7,10-11,13-14,20-21,35-36H,4-5,8-9,12,15-17H2,1-2H3,(H,37,39)/b24-14-/t21-/m1/s1. The van der Waals surface area contributed by atoms with E-state index in [2.05, 4.69) is 15.6 Å². The summed E-state index contributed by atoms with van der Waals surface area (Å²) in [6.07, 6.45) is 6.19. The normalized spacial score (nSPS) is 19.1. The van der Waals surface area contributed by atoms with Gasteiger partial charge >= 0.3 is 0 Å². The Morgan fingerprint density at radius 2 is 1.81 bits per heavy atom. The van der Waals surface area contributed by atoms with Gasteiger partial charge in [-0.05, 0) is 94.0 Å². The molecule has 0 bridgehead atoms. The monoisotopic (exact) mass is 640 g/mol. The number of fused-ring (bicyclic) bond motifs is 1. The number of aromatic amines is 1. The van der Waals surface area contributed by atoms with Gasteiger partial charge in [0, 0.05) is 57.4 Å². The largest absolute Gasteiger partial charge is 0.358 e. The van der Waals surface area contributed by atoms with E-state index in [0.717, 1.165) is 50.0 Å². The summed E-state index contributed by atoms with van der Waals surface area (Å²) in [5, 5.41) is 6.87. The van der Waals surface area contributed by atoms with Crippen LogP contribution in [0.5, 0.6) is 0 Å². The first kappa shape index (κ1) is 29.9. The van der Waals surface area contributed by atoms with Crippen molar-refractivity contribution < 1.29 is 18.0 Å². The topological polar surface area (TPSA) is 111 Å². The van der Waals surface area contributed by atoms with E-state index in [1.165, 1.54) is 12.1 Å². The lowest BCUT2D eigenvalue weighted by Gasteiger charge is -2.26. The molecular formula is C32H34Cl2N4O4S. The van der Waals surface area contributed by atoms with Gasteiger partial charge in [0.1, 0.15) is 0 Å². The van der Waals surface area contributed by atoms with E-state index in [1.807, 2.05) is 18.7 Å². The average molecular weight is 642 g/mol. The molecule has 1 atom stereocenters. The Bertz CT molecular complexity index is 1730. The van der Waals surface area contributed by atoms with Crippen molar-refractivity contribution in [2.45, 2.75) is 56.2 Å². The maximum atomic E-state index is 13.9. The van der Waals surface area contributed by atoms with Gasteiger partial charge < -0.3 is 20.5 Å². The van der Waals surface area contributed by atoms with Crippen molar-refractivity contribution in [2.24, 2.45) is 5.92 Å². The highest BCUT2D eigenvalue weighted by Crippen LogP contribution is 2.37. The van der Waals surface area contributed by atoms with E-state index in [4.69, 9.17) is 23.2 Å². The zero-order chi connectivity index (χ0) is 30.5. The van der Waals surface area contributed by atoms with Gasteiger partial charge in [-0.3, -0.25) is 9.59 Å². The Kier molecular flexibility index (Phi) is 8.19. The van der Waals surface area contributed by atoms with Crippen LogP contribution in [0, 0.1) is 19.8 Å². The number of halogens is 2. The summed E-state index contributed by atoms with van der Waals surface area (Å²) < 4.78 is 26.8. The molecule has 1 aromatic heterocycles. The predicted molar refractivity (Wildman–Crippen MR) is 170 cm³/mol. The van der Waals surface area contributed by atoms with Gasteiger partial charge in [-0.25, -0.2) is 8.42 Å². The number of rotatable bonds is 9. The molecule has 43 heavy (non-hydrogen) atoms. The molecule has 8 nitrogen and oxygen atoms in total. The number of benzene rings is 2. The molecule has 226 valence electrons. The minimum atomic E-state index is -3.84. The smallest absolute Gasteiger partial charge is 0.256 e. The number of nitrogens with one attached hydrogen (secondary N) is 3. The number of sulfone groups is 1. The van der Waals surface area contributed by atoms with Crippen LogP contribution in [0.3, 0.4) is 0 Å². The van der Waals surface area contributed by atoms with Crippen LogP contribution < -0.4 is 10.6 Å². The molecule has 3 heterocycles. The minimum Gasteiger partial charge on any atom is -0.358 e. The number of carbonyl (C=O) groups is 2. The number of hydrogen-bond donors (Lipinski definition) is 3. The molecule has 11 heteroatoms. The Hall–Kier alpha value is -3.11. The first-order chi connectivity index (χ1) is 20.5. The zero-order valence-corrected chi connectivity index (χ0v) is 26.4. The highest BCUT2D eigenvalue weighted by Gasteiger charge is 2.32. The molecule has 3 aliphatic rings. The molecule has 1 saturated carbocycles. The minimum absolute atomic E-state index is 0.000568. The molecule has 0 unspecified atom stereocenters. The van der Waals surface area contributed by atoms with Gasteiger partial charge in [0.05, 0.1) is 21.8 Å². The second-order valence-electron chi connectivity index (χ2n) is 11.8. The summed E-state index contributed by atoms with van der Waals surface area (Å²) in [5.41, 5.74) is 4.38. The van der Waals surface area contributed by atoms with Gasteiger partial charge in [0.15, 0.2) is 9.84 Å². The summed E-state index contributed by atoms with van der Waals surface area (Å²) in [7, 11) is -3.84. The molecule has 0 radical (unpaired) electrons. The molecule has 3 aromatic rings. The number of carbonyl (C=O) groups excluding carboxylic acids is 2. The zero-order valence-electron chi connectivity index (χ0n) is 24.1. The predicted octanol–water partition coefficient (Wildman–Crippen LogP) is 6.01. The average Bonchev–Trinajstić information content (AvgIpc) is 3.39. The van der Waals surface area contributed by atoms with Crippen LogP contribution in [-0.2, 0) is 20.4 Å². The molecule has 2 aliphatic heterocycles. The Morgan fingerprint density at radius 3 is 2.49 bits per heavy atom. The first-order valence-electron chi connectivity index (χ1n) is 14.6. The highest BCUT2D eigenvalue weighted by atomic mass is 35.5.